The van der Waals surface area contributed by atoms with Gasteiger partial charge in [-0.15, -0.1) is 0 Å². The average Bonchev–Trinajstić information content (AvgIpc) is 2.33. The molecule has 0 saturated carbocycles. The fourth-order valence-corrected chi connectivity index (χ4v) is 2.10. The van der Waals surface area contributed by atoms with Gasteiger partial charge in [-0.1, -0.05) is 60.7 Å². The topological polar surface area (TPSA) is 17.1 Å². The van der Waals surface area contributed by atoms with Crippen molar-refractivity contribution in [3.05, 3.63) is 71.8 Å². The maximum absolute atomic E-state index is 11.1. The molecule has 0 spiro atoms. The van der Waals surface area contributed by atoms with E-state index < -0.39 is 0 Å². The first kappa shape index (κ1) is 12.8. The van der Waals surface area contributed by atoms with Crippen molar-refractivity contribution < 1.29 is 16.6 Å². The summed E-state index contributed by atoms with van der Waals surface area (Å²) in [5, 5.41) is -0.104. The van der Waals surface area contributed by atoms with Gasteiger partial charge in [0, 0.05) is 15.3 Å². The second-order valence-electron chi connectivity index (χ2n) is 3.30. The van der Waals surface area contributed by atoms with Gasteiger partial charge in [0.15, 0.2) is 0 Å². The lowest BCUT2D eigenvalue weighted by Crippen LogP contribution is -3.00. The van der Waals surface area contributed by atoms with E-state index in [4.69, 9.17) is 0 Å². The van der Waals surface area contributed by atoms with Gasteiger partial charge in [-0.25, -0.2) is 0 Å². The van der Waals surface area contributed by atoms with E-state index in [9.17, 15) is 4.21 Å². The van der Waals surface area contributed by atoms with Crippen LogP contribution >= 0.6 is 0 Å². The monoisotopic (exact) mass is 250 g/mol. The molecule has 2 aromatic carbocycles. The standard InChI is InChI=1S/C13H11OS.ClH/c14-15-13(11-7-3-1-4-8-11)12-9-5-2-6-10-12;/h1-10,13H;1H/q+1;/p-1. The van der Waals surface area contributed by atoms with Crippen LogP contribution in [0.2, 0.25) is 0 Å². The van der Waals surface area contributed by atoms with Crippen LogP contribution < -0.4 is 12.4 Å². The fourth-order valence-electron chi connectivity index (χ4n) is 1.56. The van der Waals surface area contributed by atoms with E-state index in [2.05, 4.69) is 0 Å². The summed E-state index contributed by atoms with van der Waals surface area (Å²) in [7, 11) is 0. The minimum absolute atomic E-state index is 0. The highest BCUT2D eigenvalue weighted by Crippen LogP contribution is 2.23. The number of rotatable bonds is 3. The van der Waals surface area contributed by atoms with Crippen molar-refractivity contribution >= 4 is 11.7 Å². The Morgan fingerprint density at radius 3 is 1.44 bits per heavy atom. The van der Waals surface area contributed by atoms with Crippen LogP contribution in [0.4, 0.5) is 0 Å². The summed E-state index contributed by atoms with van der Waals surface area (Å²) in [6.45, 7) is 0. The third kappa shape index (κ3) is 2.87. The number of halogens is 1. The molecule has 0 aliphatic heterocycles. The van der Waals surface area contributed by atoms with Crippen molar-refractivity contribution in [3.8, 4) is 0 Å². The highest BCUT2D eigenvalue weighted by atomic mass is 35.5. The van der Waals surface area contributed by atoms with Crippen molar-refractivity contribution in [3.63, 3.8) is 0 Å². The SMILES string of the molecule is O=[S+]C(c1ccccc1)c1ccccc1.[Cl-]. The second kappa shape index (κ2) is 6.36. The Balaban J connectivity index is 0.00000128. The fraction of sp³-hybridized carbons (Fsp3) is 0.0769. The molecule has 0 heterocycles. The molecule has 1 nitrogen and oxygen atoms in total. The summed E-state index contributed by atoms with van der Waals surface area (Å²) in [5.74, 6) is 0. The molecular weight excluding hydrogens is 240 g/mol. The summed E-state index contributed by atoms with van der Waals surface area (Å²) in [6.07, 6.45) is 0. The van der Waals surface area contributed by atoms with Gasteiger partial charge in [0.1, 0.15) is 0 Å². The molecule has 0 atom stereocenters. The molecule has 0 aliphatic carbocycles. The van der Waals surface area contributed by atoms with E-state index in [0.717, 1.165) is 11.1 Å². The van der Waals surface area contributed by atoms with Gasteiger partial charge < -0.3 is 12.4 Å². The van der Waals surface area contributed by atoms with Crippen molar-refractivity contribution in [2.24, 2.45) is 0 Å². The molecule has 0 N–H and O–H groups in total. The van der Waals surface area contributed by atoms with Gasteiger partial charge in [-0.3, -0.25) is 0 Å². The zero-order valence-electron chi connectivity index (χ0n) is 8.55. The van der Waals surface area contributed by atoms with Crippen LogP contribution in [0.5, 0.6) is 0 Å². The summed E-state index contributed by atoms with van der Waals surface area (Å²) in [6, 6.07) is 19.7. The highest BCUT2D eigenvalue weighted by Gasteiger charge is 2.25. The molecule has 0 saturated heterocycles. The van der Waals surface area contributed by atoms with Gasteiger partial charge in [0.25, 0.3) is 5.25 Å². The minimum Gasteiger partial charge on any atom is -1.00 e. The lowest BCUT2D eigenvalue weighted by molar-refractivity contribution is -0.00000406. The van der Waals surface area contributed by atoms with Crippen molar-refractivity contribution in [2.75, 3.05) is 0 Å². The molecule has 16 heavy (non-hydrogen) atoms. The van der Waals surface area contributed by atoms with E-state index in [1.165, 1.54) is 0 Å². The van der Waals surface area contributed by atoms with Gasteiger partial charge in [-0.05, 0) is 0 Å². The average molecular weight is 251 g/mol. The van der Waals surface area contributed by atoms with Crippen LogP contribution in [0.25, 0.3) is 0 Å². The van der Waals surface area contributed by atoms with Gasteiger partial charge in [-0.2, -0.15) is 0 Å². The molecule has 0 radical (unpaired) electrons. The molecule has 3 heteroatoms. The third-order valence-electron chi connectivity index (χ3n) is 2.30. The summed E-state index contributed by atoms with van der Waals surface area (Å²) < 4.78 is 11.1. The van der Waals surface area contributed by atoms with E-state index in [0.29, 0.717) is 11.7 Å². The Morgan fingerprint density at radius 2 is 1.12 bits per heavy atom. The first-order valence-corrected chi connectivity index (χ1v) is 5.61. The Hall–Kier alpha value is -1.25. The maximum Gasteiger partial charge on any atom is 0.472 e. The lowest BCUT2D eigenvalue weighted by atomic mass is 10.0. The molecule has 82 valence electrons. The zero-order valence-corrected chi connectivity index (χ0v) is 10.1. The van der Waals surface area contributed by atoms with Crippen molar-refractivity contribution in [1.29, 1.82) is 0 Å². The molecule has 0 aliphatic rings. The first-order chi connectivity index (χ1) is 7.42. The predicted octanol–water partition coefficient (Wildman–Crippen LogP) is 0.208. The van der Waals surface area contributed by atoms with Crippen molar-refractivity contribution in [1.82, 2.24) is 0 Å². The van der Waals surface area contributed by atoms with Crippen LogP contribution in [-0.4, -0.2) is 0 Å². The molecule has 0 fully saturated rings. The summed E-state index contributed by atoms with van der Waals surface area (Å²) in [4.78, 5) is 0. The van der Waals surface area contributed by atoms with Crippen LogP contribution in [0.15, 0.2) is 60.7 Å². The Kier molecular flexibility index (Phi) is 5.09. The molecule has 2 rings (SSSR count). The quantitative estimate of drug-likeness (QED) is 0.712. The van der Waals surface area contributed by atoms with Crippen LogP contribution in [0.3, 0.4) is 0 Å². The second-order valence-corrected chi connectivity index (χ2v) is 3.96. The van der Waals surface area contributed by atoms with Crippen LogP contribution in [0, 0.1) is 0 Å². The molecule has 0 bridgehead atoms. The lowest BCUT2D eigenvalue weighted by Gasteiger charge is -2.00. The van der Waals surface area contributed by atoms with E-state index in [-0.39, 0.29) is 17.7 Å². The van der Waals surface area contributed by atoms with E-state index >= 15 is 0 Å². The van der Waals surface area contributed by atoms with Gasteiger partial charge in [0.05, 0.1) is 0 Å². The number of hydrogen-bond acceptors (Lipinski definition) is 1. The zero-order chi connectivity index (χ0) is 10.5. The normalized spacial score (nSPS) is 9.56. The number of hydrogen-bond donors (Lipinski definition) is 0. The van der Waals surface area contributed by atoms with E-state index in [1.807, 2.05) is 60.7 Å². The molecular formula is C13H11ClOS. The molecule has 0 unspecified atom stereocenters. The molecule has 0 aromatic heterocycles. The Bertz CT molecular complexity index is 391. The molecule has 0 amide bonds. The first-order valence-electron chi connectivity index (χ1n) is 4.80. The summed E-state index contributed by atoms with van der Waals surface area (Å²) >= 11 is 0.626. The van der Waals surface area contributed by atoms with E-state index in [1.54, 1.807) is 0 Å². The number of benzene rings is 2. The maximum atomic E-state index is 11.1. The largest absolute Gasteiger partial charge is 1.00 e. The Labute approximate surface area is 105 Å². The summed E-state index contributed by atoms with van der Waals surface area (Å²) in [5.41, 5.74) is 2.12. The smallest absolute Gasteiger partial charge is 0.472 e. The van der Waals surface area contributed by atoms with Gasteiger partial charge >= 0.3 is 11.7 Å². The highest BCUT2D eigenvalue weighted by molar-refractivity contribution is 7.66. The van der Waals surface area contributed by atoms with Crippen molar-refractivity contribution in [2.45, 2.75) is 5.25 Å². The predicted molar refractivity (Wildman–Crippen MR) is 62.8 cm³/mol. The van der Waals surface area contributed by atoms with Crippen LogP contribution in [-0.2, 0) is 15.9 Å². The van der Waals surface area contributed by atoms with Crippen LogP contribution in [0.1, 0.15) is 16.4 Å². The Morgan fingerprint density at radius 1 is 0.750 bits per heavy atom. The third-order valence-corrected chi connectivity index (χ3v) is 3.04. The van der Waals surface area contributed by atoms with Gasteiger partial charge in [0.2, 0.25) is 0 Å². The molecule has 2 aromatic rings. The minimum atomic E-state index is -0.104.